The van der Waals surface area contributed by atoms with Gasteiger partial charge in [0.15, 0.2) is 0 Å². The molecule has 0 aromatic carbocycles. The third-order valence-corrected chi connectivity index (χ3v) is 3.88. The molecule has 0 spiro atoms. The van der Waals surface area contributed by atoms with Crippen LogP contribution in [0.3, 0.4) is 0 Å². The molecule has 0 heterocycles. The zero-order chi connectivity index (χ0) is 13.5. The Hall–Kier alpha value is -0.440. The van der Waals surface area contributed by atoms with Crippen LogP contribution in [0.5, 0.6) is 0 Å². The molecule has 0 N–H and O–H groups in total. The summed E-state index contributed by atoms with van der Waals surface area (Å²) >= 11 is 0. The molecule has 0 aromatic heterocycles. The zero-order valence-electron chi connectivity index (χ0n) is 13.1. The summed E-state index contributed by atoms with van der Waals surface area (Å²) in [6.07, 6.45) is 16.6. The second kappa shape index (κ2) is 14.6. The van der Waals surface area contributed by atoms with Gasteiger partial charge in [0.25, 0.3) is 0 Å². The summed E-state index contributed by atoms with van der Waals surface area (Å²) in [6, 6.07) is 0. The average Bonchev–Trinajstić information content (AvgIpc) is 2.40. The second-order valence-electron chi connectivity index (χ2n) is 5.50. The van der Waals surface area contributed by atoms with Gasteiger partial charge in [-0.1, -0.05) is 78.1 Å². The van der Waals surface area contributed by atoms with Crippen molar-refractivity contribution in [1.29, 1.82) is 0 Å². The Labute approximate surface area is 116 Å². The maximum absolute atomic E-state index is 3.14. The SMILES string of the molecule is CC#CCCCCCCCCC(CC)CCCC. The van der Waals surface area contributed by atoms with E-state index < -0.39 is 0 Å². The lowest BCUT2D eigenvalue weighted by Gasteiger charge is -2.13. The smallest absolute Gasteiger partial charge is 0.00885 e. The third kappa shape index (κ3) is 12.0. The van der Waals surface area contributed by atoms with Crippen LogP contribution in [0.2, 0.25) is 0 Å². The van der Waals surface area contributed by atoms with Crippen LogP contribution in [-0.2, 0) is 0 Å². The summed E-state index contributed by atoms with van der Waals surface area (Å²) in [7, 11) is 0. The van der Waals surface area contributed by atoms with Gasteiger partial charge in [-0.3, -0.25) is 0 Å². The topological polar surface area (TPSA) is 0 Å². The molecule has 106 valence electrons. The highest BCUT2D eigenvalue weighted by Gasteiger charge is 2.04. The van der Waals surface area contributed by atoms with Gasteiger partial charge in [-0.25, -0.2) is 0 Å². The summed E-state index contributed by atoms with van der Waals surface area (Å²) in [5, 5.41) is 0. The first-order valence-electron chi connectivity index (χ1n) is 8.24. The predicted octanol–water partition coefficient (Wildman–Crippen LogP) is 6.35. The highest BCUT2D eigenvalue weighted by atomic mass is 14.1. The Morgan fingerprint density at radius 2 is 1.39 bits per heavy atom. The van der Waals surface area contributed by atoms with Crippen LogP contribution in [0.1, 0.15) is 97.8 Å². The van der Waals surface area contributed by atoms with Gasteiger partial charge in [-0.05, 0) is 19.3 Å². The fourth-order valence-electron chi connectivity index (χ4n) is 2.52. The fraction of sp³-hybridized carbons (Fsp3) is 0.889. The molecule has 0 fully saturated rings. The van der Waals surface area contributed by atoms with Crippen LogP contribution in [0.15, 0.2) is 0 Å². The van der Waals surface area contributed by atoms with E-state index >= 15 is 0 Å². The Balaban J connectivity index is 3.24. The lowest BCUT2D eigenvalue weighted by atomic mass is 9.93. The van der Waals surface area contributed by atoms with Gasteiger partial charge in [0.1, 0.15) is 0 Å². The number of hydrogen-bond acceptors (Lipinski definition) is 0. The van der Waals surface area contributed by atoms with E-state index in [1.54, 1.807) is 0 Å². The molecule has 1 atom stereocenters. The van der Waals surface area contributed by atoms with E-state index in [4.69, 9.17) is 0 Å². The monoisotopic (exact) mass is 250 g/mol. The van der Waals surface area contributed by atoms with E-state index in [0.717, 1.165) is 12.3 Å². The normalized spacial score (nSPS) is 11.9. The Bertz CT molecular complexity index is 206. The van der Waals surface area contributed by atoms with Gasteiger partial charge in [0.2, 0.25) is 0 Å². The van der Waals surface area contributed by atoms with Gasteiger partial charge in [-0.2, -0.15) is 0 Å². The van der Waals surface area contributed by atoms with Crippen molar-refractivity contribution in [3.05, 3.63) is 0 Å². The standard InChI is InChI=1S/C18H34/c1-4-7-9-10-11-12-13-14-15-17-18(6-3)16-8-5-2/h18H,5-6,8-17H2,1-3H3. The van der Waals surface area contributed by atoms with Crippen LogP contribution < -0.4 is 0 Å². The lowest BCUT2D eigenvalue weighted by Crippen LogP contribution is -1.98. The minimum atomic E-state index is 1.00. The van der Waals surface area contributed by atoms with E-state index in [-0.39, 0.29) is 0 Å². The molecular weight excluding hydrogens is 216 g/mol. The van der Waals surface area contributed by atoms with Crippen molar-refractivity contribution >= 4 is 0 Å². The van der Waals surface area contributed by atoms with Crippen molar-refractivity contribution in [2.75, 3.05) is 0 Å². The summed E-state index contributed by atoms with van der Waals surface area (Å²) in [4.78, 5) is 0. The average molecular weight is 250 g/mol. The molecule has 1 unspecified atom stereocenters. The molecule has 0 amide bonds. The molecule has 0 saturated carbocycles. The molecular formula is C18H34. The first-order valence-corrected chi connectivity index (χ1v) is 8.24. The van der Waals surface area contributed by atoms with Crippen molar-refractivity contribution in [3.8, 4) is 11.8 Å². The molecule has 18 heavy (non-hydrogen) atoms. The fourth-order valence-corrected chi connectivity index (χ4v) is 2.52. The van der Waals surface area contributed by atoms with Crippen LogP contribution in [0.4, 0.5) is 0 Å². The van der Waals surface area contributed by atoms with Crippen LogP contribution in [0, 0.1) is 17.8 Å². The largest absolute Gasteiger partial charge is 0.107 e. The van der Waals surface area contributed by atoms with Crippen molar-refractivity contribution in [1.82, 2.24) is 0 Å². The van der Waals surface area contributed by atoms with Crippen LogP contribution in [-0.4, -0.2) is 0 Å². The van der Waals surface area contributed by atoms with Crippen molar-refractivity contribution in [3.63, 3.8) is 0 Å². The molecule has 0 bridgehead atoms. The van der Waals surface area contributed by atoms with Crippen LogP contribution in [0.25, 0.3) is 0 Å². The highest BCUT2D eigenvalue weighted by Crippen LogP contribution is 2.20. The third-order valence-electron chi connectivity index (χ3n) is 3.88. The van der Waals surface area contributed by atoms with Crippen molar-refractivity contribution in [2.24, 2.45) is 5.92 Å². The molecule has 0 aliphatic heterocycles. The zero-order valence-corrected chi connectivity index (χ0v) is 13.1. The van der Waals surface area contributed by atoms with Crippen LogP contribution >= 0.6 is 0 Å². The van der Waals surface area contributed by atoms with Crippen molar-refractivity contribution in [2.45, 2.75) is 97.8 Å². The summed E-state index contributed by atoms with van der Waals surface area (Å²) in [6.45, 7) is 6.59. The van der Waals surface area contributed by atoms with E-state index in [2.05, 4.69) is 25.7 Å². The molecule has 0 aliphatic rings. The Morgan fingerprint density at radius 1 is 0.778 bits per heavy atom. The van der Waals surface area contributed by atoms with Gasteiger partial charge in [-0.15, -0.1) is 11.8 Å². The van der Waals surface area contributed by atoms with Gasteiger partial charge in [0, 0.05) is 6.42 Å². The van der Waals surface area contributed by atoms with Gasteiger partial charge >= 0.3 is 0 Å². The molecule has 0 rings (SSSR count). The minimum absolute atomic E-state index is 1.00. The minimum Gasteiger partial charge on any atom is -0.107 e. The Morgan fingerprint density at radius 3 is 2.00 bits per heavy atom. The van der Waals surface area contributed by atoms with Gasteiger partial charge < -0.3 is 0 Å². The number of rotatable bonds is 12. The van der Waals surface area contributed by atoms with E-state index in [1.165, 1.54) is 70.6 Å². The van der Waals surface area contributed by atoms with Gasteiger partial charge in [0.05, 0.1) is 0 Å². The second-order valence-corrected chi connectivity index (χ2v) is 5.50. The maximum Gasteiger partial charge on any atom is 0.00885 e. The summed E-state index contributed by atoms with van der Waals surface area (Å²) < 4.78 is 0. The number of hydrogen-bond donors (Lipinski definition) is 0. The molecule has 0 saturated heterocycles. The molecule has 0 aromatic rings. The highest BCUT2D eigenvalue weighted by molar-refractivity contribution is 4.94. The Kier molecular flexibility index (Phi) is 14.3. The van der Waals surface area contributed by atoms with E-state index in [1.807, 2.05) is 6.92 Å². The van der Waals surface area contributed by atoms with E-state index in [0.29, 0.717) is 0 Å². The molecule has 0 heteroatoms. The number of unbranched alkanes of at least 4 members (excludes halogenated alkanes) is 7. The predicted molar refractivity (Wildman–Crippen MR) is 83.7 cm³/mol. The van der Waals surface area contributed by atoms with Crippen molar-refractivity contribution < 1.29 is 0 Å². The summed E-state index contributed by atoms with van der Waals surface area (Å²) in [5.74, 6) is 7.11. The lowest BCUT2D eigenvalue weighted by molar-refractivity contribution is 0.400. The first-order chi connectivity index (χ1) is 8.85. The first kappa shape index (κ1) is 17.6. The summed E-state index contributed by atoms with van der Waals surface area (Å²) in [5.41, 5.74) is 0. The molecule has 0 radical (unpaired) electrons. The quantitative estimate of drug-likeness (QED) is 0.280. The maximum atomic E-state index is 3.14. The van der Waals surface area contributed by atoms with E-state index in [9.17, 15) is 0 Å². The molecule has 0 aliphatic carbocycles. The molecule has 0 nitrogen and oxygen atoms in total.